The molecule has 1 saturated heterocycles. The van der Waals surface area contributed by atoms with Gasteiger partial charge in [0.2, 0.25) is 0 Å². The maximum absolute atomic E-state index is 12.6. The van der Waals surface area contributed by atoms with E-state index in [0.717, 1.165) is 36.7 Å². The monoisotopic (exact) mass is 343 g/mol. The Morgan fingerprint density at radius 2 is 2.21 bits per heavy atom. The molecular weight excluding hydrogens is 326 g/mol. The zero-order chi connectivity index (χ0) is 13.8. The average Bonchev–Trinajstić information content (AvgIpc) is 2.38. The van der Waals surface area contributed by atoms with Gasteiger partial charge in [0.1, 0.15) is 0 Å². The van der Waals surface area contributed by atoms with E-state index in [0.29, 0.717) is 16.6 Å². The van der Waals surface area contributed by atoms with E-state index in [1.165, 1.54) is 6.42 Å². The van der Waals surface area contributed by atoms with Crippen LogP contribution in [0.1, 0.15) is 41.6 Å². The fourth-order valence-corrected chi connectivity index (χ4v) is 3.54. The number of hydrogen-bond acceptors (Lipinski definition) is 1. The molecule has 1 fully saturated rings. The summed E-state index contributed by atoms with van der Waals surface area (Å²) in [5.41, 5.74) is 1.75. The molecule has 0 aliphatic carbocycles. The van der Waals surface area contributed by atoms with Crippen LogP contribution in [-0.4, -0.2) is 28.7 Å². The van der Waals surface area contributed by atoms with Crippen molar-refractivity contribution in [2.75, 3.05) is 11.9 Å². The fourth-order valence-electron chi connectivity index (χ4n) is 2.72. The number of likely N-dealkylation sites (tertiary alicyclic amines) is 1. The van der Waals surface area contributed by atoms with E-state index in [2.05, 4.69) is 15.9 Å². The highest BCUT2D eigenvalue weighted by atomic mass is 79.9. The molecule has 0 bridgehead atoms. The van der Waals surface area contributed by atoms with Crippen LogP contribution in [0.3, 0.4) is 0 Å². The van der Waals surface area contributed by atoms with Crippen LogP contribution in [0.4, 0.5) is 0 Å². The Morgan fingerprint density at radius 1 is 1.42 bits per heavy atom. The van der Waals surface area contributed by atoms with Crippen LogP contribution >= 0.6 is 27.5 Å². The topological polar surface area (TPSA) is 20.3 Å². The number of aryl methyl sites for hydroxylation is 1. The molecule has 0 aromatic heterocycles. The normalized spacial score (nSPS) is 19.5. The van der Waals surface area contributed by atoms with E-state index < -0.39 is 0 Å². The Kier molecular flexibility index (Phi) is 5.28. The average molecular weight is 345 g/mol. The molecule has 104 valence electrons. The van der Waals surface area contributed by atoms with Gasteiger partial charge in [-0.2, -0.15) is 0 Å². The van der Waals surface area contributed by atoms with Crippen LogP contribution in [0.2, 0.25) is 5.02 Å². The highest BCUT2D eigenvalue weighted by Gasteiger charge is 2.27. The van der Waals surface area contributed by atoms with Crippen molar-refractivity contribution in [3.63, 3.8) is 0 Å². The second-order valence-electron chi connectivity index (χ2n) is 5.14. The Labute approximate surface area is 128 Å². The third-order valence-electron chi connectivity index (χ3n) is 3.62. The van der Waals surface area contributed by atoms with Crippen LogP contribution in [0.5, 0.6) is 0 Å². The van der Waals surface area contributed by atoms with Gasteiger partial charge in [0, 0.05) is 28.5 Å². The molecule has 0 spiro atoms. The summed E-state index contributed by atoms with van der Waals surface area (Å²) in [6.07, 6.45) is 4.45. The summed E-state index contributed by atoms with van der Waals surface area (Å²) < 4.78 is 0. The summed E-state index contributed by atoms with van der Waals surface area (Å²) in [6, 6.07) is 5.94. The van der Waals surface area contributed by atoms with Gasteiger partial charge in [-0.15, -0.1) is 0 Å². The minimum atomic E-state index is 0.122. The summed E-state index contributed by atoms with van der Waals surface area (Å²) in [7, 11) is 0. The van der Waals surface area contributed by atoms with Crippen LogP contribution < -0.4 is 0 Å². The number of piperidine rings is 1. The van der Waals surface area contributed by atoms with Gasteiger partial charge in [-0.1, -0.05) is 27.5 Å². The molecule has 1 aliphatic heterocycles. The van der Waals surface area contributed by atoms with Gasteiger partial charge in [-0.25, -0.2) is 0 Å². The fraction of sp³-hybridized carbons (Fsp3) is 0.533. The molecule has 1 heterocycles. The molecule has 4 heteroatoms. The Hall–Kier alpha value is -0.540. The van der Waals surface area contributed by atoms with Gasteiger partial charge in [0.15, 0.2) is 0 Å². The van der Waals surface area contributed by atoms with Gasteiger partial charge in [-0.05, 0) is 56.4 Å². The molecule has 1 aromatic rings. The molecule has 1 aromatic carbocycles. The SMILES string of the molecule is Cc1cc(Cl)cc(C(=O)N2CCCCC2CCBr)c1. The van der Waals surface area contributed by atoms with Gasteiger partial charge in [0.05, 0.1) is 0 Å². The van der Waals surface area contributed by atoms with Gasteiger partial charge >= 0.3 is 0 Å². The first-order valence-corrected chi connectivity index (χ1v) is 8.26. The number of halogens is 2. The van der Waals surface area contributed by atoms with Crippen molar-refractivity contribution in [2.24, 2.45) is 0 Å². The number of nitrogens with zero attached hydrogens (tertiary/aromatic N) is 1. The lowest BCUT2D eigenvalue weighted by Crippen LogP contribution is -2.44. The molecule has 19 heavy (non-hydrogen) atoms. The predicted molar refractivity (Wildman–Crippen MR) is 83.3 cm³/mol. The van der Waals surface area contributed by atoms with E-state index >= 15 is 0 Å². The van der Waals surface area contributed by atoms with E-state index in [1.807, 2.05) is 24.0 Å². The van der Waals surface area contributed by atoms with Crippen LogP contribution in [0.15, 0.2) is 18.2 Å². The van der Waals surface area contributed by atoms with Gasteiger partial charge < -0.3 is 4.90 Å². The zero-order valence-corrected chi connectivity index (χ0v) is 13.5. The minimum absolute atomic E-state index is 0.122. The predicted octanol–water partition coefficient (Wildman–Crippen LogP) is 4.43. The van der Waals surface area contributed by atoms with Crippen LogP contribution in [0, 0.1) is 6.92 Å². The largest absolute Gasteiger partial charge is 0.336 e. The van der Waals surface area contributed by atoms with Gasteiger partial charge in [0.25, 0.3) is 5.91 Å². The summed E-state index contributed by atoms with van der Waals surface area (Å²) in [4.78, 5) is 14.7. The molecule has 1 amide bonds. The van der Waals surface area contributed by atoms with Crippen molar-refractivity contribution < 1.29 is 4.79 Å². The molecule has 2 nitrogen and oxygen atoms in total. The Morgan fingerprint density at radius 3 is 2.89 bits per heavy atom. The number of rotatable bonds is 3. The molecule has 1 aliphatic rings. The summed E-state index contributed by atoms with van der Waals surface area (Å²) >= 11 is 9.53. The van der Waals surface area contributed by atoms with E-state index in [1.54, 1.807) is 6.07 Å². The third kappa shape index (κ3) is 3.73. The first kappa shape index (κ1) is 14.9. The molecule has 0 saturated carbocycles. The third-order valence-corrected chi connectivity index (χ3v) is 4.30. The lowest BCUT2D eigenvalue weighted by atomic mass is 9.98. The quantitative estimate of drug-likeness (QED) is 0.743. The van der Waals surface area contributed by atoms with Crippen molar-refractivity contribution in [1.29, 1.82) is 0 Å². The summed E-state index contributed by atoms with van der Waals surface area (Å²) in [6.45, 7) is 2.83. The number of alkyl halides is 1. The van der Waals surface area contributed by atoms with Crippen LogP contribution in [-0.2, 0) is 0 Å². The highest BCUT2D eigenvalue weighted by molar-refractivity contribution is 9.09. The lowest BCUT2D eigenvalue weighted by molar-refractivity contribution is 0.0610. The number of benzene rings is 1. The van der Waals surface area contributed by atoms with Crippen molar-refractivity contribution >= 4 is 33.4 Å². The first-order valence-electron chi connectivity index (χ1n) is 6.76. The van der Waals surface area contributed by atoms with E-state index in [4.69, 9.17) is 11.6 Å². The molecule has 2 rings (SSSR count). The van der Waals surface area contributed by atoms with Crippen molar-refractivity contribution in [3.8, 4) is 0 Å². The van der Waals surface area contributed by atoms with E-state index in [-0.39, 0.29) is 5.91 Å². The number of carbonyl (C=O) groups is 1. The van der Waals surface area contributed by atoms with Gasteiger partial charge in [-0.3, -0.25) is 4.79 Å². The first-order chi connectivity index (χ1) is 9.11. The second-order valence-corrected chi connectivity index (χ2v) is 6.37. The standard InChI is InChI=1S/C15H19BrClNO/c1-11-8-12(10-13(17)9-11)15(19)18-7-3-2-4-14(18)5-6-16/h8-10,14H,2-7H2,1H3. The minimum Gasteiger partial charge on any atom is -0.336 e. The van der Waals surface area contributed by atoms with E-state index in [9.17, 15) is 4.79 Å². The highest BCUT2D eigenvalue weighted by Crippen LogP contribution is 2.24. The number of carbonyl (C=O) groups excluding carboxylic acids is 1. The number of amides is 1. The number of hydrogen-bond donors (Lipinski definition) is 0. The molecule has 1 unspecified atom stereocenters. The Bertz CT molecular complexity index is 441. The molecule has 0 N–H and O–H groups in total. The zero-order valence-electron chi connectivity index (χ0n) is 11.2. The molecule has 1 atom stereocenters. The van der Waals surface area contributed by atoms with Crippen molar-refractivity contribution in [2.45, 2.75) is 38.6 Å². The maximum atomic E-state index is 12.6. The maximum Gasteiger partial charge on any atom is 0.254 e. The molecule has 0 radical (unpaired) electrons. The Balaban J connectivity index is 2.20. The molecular formula is C15H19BrClNO. The second kappa shape index (κ2) is 6.76. The van der Waals surface area contributed by atoms with Crippen LogP contribution in [0.25, 0.3) is 0 Å². The van der Waals surface area contributed by atoms with Crippen molar-refractivity contribution in [1.82, 2.24) is 4.90 Å². The van der Waals surface area contributed by atoms with Crippen molar-refractivity contribution in [3.05, 3.63) is 34.3 Å². The lowest BCUT2D eigenvalue weighted by Gasteiger charge is -2.35. The summed E-state index contributed by atoms with van der Waals surface area (Å²) in [5.74, 6) is 0.122. The smallest absolute Gasteiger partial charge is 0.254 e. The summed E-state index contributed by atoms with van der Waals surface area (Å²) in [5, 5.41) is 1.58.